The van der Waals surface area contributed by atoms with Crippen molar-refractivity contribution >= 4 is 34.9 Å². The zero-order valence-corrected chi connectivity index (χ0v) is 18.4. The molecule has 0 aromatic heterocycles. The third-order valence-electron chi connectivity index (χ3n) is 4.56. The molecule has 2 rings (SSSR count). The van der Waals surface area contributed by atoms with Crippen LogP contribution in [0.25, 0.3) is 0 Å². The molecule has 2 aromatic carbocycles. The molecule has 0 saturated carbocycles. The molecule has 4 nitrogen and oxygen atoms in total. The van der Waals surface area contributed by atoms with Gasteiger partial charge in [-0.25, -0.2) is 0 Å². The molecule has 6 heteroatoms. The molecule has 0 saturated heterocycles. The lowest BCUT2D eigenvalue weighted by Crippen LogP contribution is -2.46. The first kappa shape index (κ1) is 23.4. The van der Waals surface area contributed by atoms with Crippen molar-refractivity contribution in [3.8, 4) is 0 Å². The van der Waals surface area contributed by atoms with Gasteiger partial charge in [-0.2, -0.15) is 0 Å². The summed E-state index contributed by atoms with van der Waals surface area (Å²) in [6.07, 6.45) is 1.81. The summed E-state index contributed by atoms with van der Waals surface area (Å²) < 4.78 is 0. The van der Waals surface area contributed by atoms with Crippen molar-refractivity contribution in [1.29, 1.82) is 0 Å². The minimum atomic E-state index is -0.418. The van der Waals surface area contributed by atoms with E-state index in [9.17, 15) is 9.59 Å². The number of carbonyl (C=O) groups is 2. The second kappa shape index (κ2) is 12.0. The highest BCUT2D eigenvalue weighted by Gasteiger charge is 2.20. The average Bonchev–Trinajstić information content (AvgIpc) is 2.70. The van der Waals surface area contributed by atoms with Gasteiger partial charge in [0.15, 0.2) is 0 Å². The minimum Gasteiger partial charge on any atom is -0.351 e. The summed E-state index contributed by atoms with van der Waals surface area (Å²) in [7, 11) is 0. The zero-order chi connectivity index (χ0) is 21.2. The predicted octanol–water partition coefficient (Wildman–Crippen LogP) is 4.82. The van der Waals surface area contributed by atoms with Crippen molar-refractivity contribution in [1.82, 2.24) is 10.6 Å². The van der Waals surface area contributed by atoms with E-state index in [1.54, 1.807) is 12.1 Å². The van der Waals surface area contributed by atoms with Crippen LogP contribution < -0.4 is 10.6 Å². The van der Waals surface area contributed by atoms with Crippen LogP contribution in [-0.2, 0) is 22.6 Å². The van der Waals surface area contributed by atoms with Crippen LogP contribution in [0.4, 0.5) is 0 Å². The van der Waals surface area contributed by atoms with Crippen LogP contribution in [0.1, 0.15) is 37.8 Å². The maximum Gasteiger partial charge on any atom is 0.237 e. The number of nitrogens with one attached hydrogen (secondary N) is 2. The van der Waals surface area contributed by atoms with Gasteiger partial charge in [-0.3, -0.25) is 14.9 Å². The van der Waals surface area contributed by atoms with E-state index >= 15 is 0 Å². The van der Waals surface area contributed by atoms with Crippen LogP contribution in [0.5, 0.6) is 0 Å². The Morgan fingerprint density at radius 1 is 0.966 bits per heavy atom. The molecule has 1 unspecified atom stereocenters. The summed E-state index contributed by atoms with van der Waals surface area (Å²) >= 11 is 12.0. The topological polar surface area (TPSA) is 58.2 Å². The number of halogens is 2. The molecule has 0 aliphatic rings. The van der Waals surface area contributed by atoms with E-state index in [4.69, 9.17) is 23.2 Å². The SMILES string of the molecule is CC(C)CC(NCC(=O)CCc1ccccc1)C(=O)NCc1ccc(Cl)c(Cl)c1. The first-order valence-electron chi connectivity index (χ1n) is 9.85. The summed E-state index contributed by atoms with van der Waals surface area (Å²) in [5.41, 5.74) is 2.01. The Labute approximate surface area is 183 Å². The highest BCUT2D eigenvalue weighted by molar-refractivity contribution is 6.42. The third kappa shape index (κ3) is 8.57. The molecule has 1 atom stereocenters. The third-order valence-corrected chi connectivity index (χ3v) is 5.29. The van der Waals surface area contributed by atoms with Crippen molar-refractivity contribution in [2.45, 2.75) is 45.7 Å². The number of benzene rings is 2. The van der Waals surface area contributed by atoms with Crippen molar-refractivity contribution < 1.29 is 9.59 Å². The van der Waals surface area contributed by atoms with E-state index in [-0.39, 0.29) is 18.2 Å². The largest absolute Gasteiger partial charge is 0.351 e. The molecule has 0 radical (unpaired) electrons. The van der Waals surface area contributed by atoms with Gasteiger partial charge < -0.3 is 5.32 Å². The summed E-state index contributed by atoms with van der Waals surface area (Å²) in [5.74, 6) is 0.295. The lowest BCUT2D eigenvalue weighted by Gasteiger charge is -2.20. The van der Waals surface area contributed by atoms with E-state index in [1.165, 1.54) is 0 Å². The Morgan fingerprint density at radius 3 is 2.34 bits per heavy atom. The monoisotopic (exact) mass is 434 g/mol. The van der Waals surface area contributed by atoms with Crippen molar-refractivity contribution in [2.24, 2.45) is 5.92 Å². The highest BCUT2D eigenvalue weighted by atomic mass is 35.5. The summed E-state index contributed by atoms with van der Waals surface area (Å²) in [6, 6.07) is 14.8. The number of hydrogen-bond donors (Lipinski definition) is 2. The van der Waals surface area contributed by atoms with Gasteiger partial charge >= 0.3 is 0 Å². The highest BCUT2D eigenvalue weighted by Crippen LogP contribution is 2.22. The number of amides is 1. The van der Waals surface area contributed by atoms with Gasteiger partial charge in [0.05, 0.1) is 22.6 Å². The fourth-order valence-electron chi connectivity index (χ4n) is 2.97. The van der Waals surface area contributed by atoms with E-state index < -0.39 is 6.04 Å². The molecule has 0 bridgehead atoms. The van der Waals surface area contributed by atoms with E-state index in [2.05, 4.69) is 24.5 Å². The molecule has 0 heterocycles. The second-order valence-electron chi connectivity index (χ2n) is 7.55. The summed E-state index contributed by atoms with van der Waals surface area (Å²) in [5, 5.41) is 6.99. The van der Waals surface area contributed by atoms with Gasteiger partial charge in [0.25, 0.3) is 0 Å². The second-order valence-corrected chi connectivity index (χ2v) is 8.37. The lowest BCUT2D eigenvalue weighted by atomic mass is 10.0. The average molecular weight is 435 g/mol. The summed E-state index contributed by atoms with van der Waals surface area (Å²) in [6.45, 7) is 4.65. The molecule has 0 fully saturated rings. The Balaban J connectivity index is 1.84. The molecule has 2 aromatic rings. The molecule has 2 N–H and O–H groups in total. The molecule has 0 aliphatic carbocycles. The van der Waals surface area contributed by atoms with Crippen molar-refractivity contribution in [3.63, 3.8) is 0 Å². The van der Waals surface area contributed by atoms with Gasteiger partial charge in [-0.05, 0) is 42.0 Å². The lowest BCUT2D eigenvalue weighted by molar-refractivity contribution is -0.124. The number of hydrogen-bond acceptors (Lipinski definition) is 3. The van der Waals surface area contributed by atoms with Crippen LogP contribution in [0, 0.1) is 5.92 Å². The molecule has 156 valence electrons. The fourth-order valence-corrected chi connectivity index (χ4v) is 3.29. The van der Waals surface area contributed by atoms with Crippen LogP contribution in [0.2, 0.25) is 10.0 Å². The van der Waals surface area contributed by atoms with Crippen LogP contribution in [0.3, 0.4) is 0 Å². The predicted molar refractivity (Wildman–Crippen MR) is 119 cm³/mol. The van der Waals surface area contributed by atoms with Gasteiger partial charge in [-0.1, -0.05) is 73.4 Å². The minimum absolute atomic E-state index is 0.0971. The van der Waals surface area contributed by atoms with E-state index in [1.807, 2.05) is 36.4 Å². The Kier molecular flexibility index (Phi) is 9.65. The molecule has 1 amide bonds. The van der Waals surface area contributed by atoms with Gasteiger partial charge in [0.2, 0.25) is 5.91 Å². The maximum atomic E-state index is 12.7. The summed E-state index contributed by atoms with van der Waals surface area (Å²) in [4.78, 5) is 24.9. The molecular formula is C23H28Cl2N2O2. The Bertz CT molecular complexity index is 810. The van der Waals surface area contributed by atoms with Crippen LogP contribution in [0.15, 0.2) is 48.5 Å². The van der Waals surface area contributed by atoms with Crippen molar-refractivity contribution in [2.75, 3.05) is 6.54 Å². The fraction of sp³-hybridized carbons (Fsp3) is 0.391. The van der Waals surface area contributed by atoms with Crippen molar-refractivity contribution in [3.05, 3.63) is 69.7 Å². The number of carbonyl (C=O) groups excluding carboxylic acids is 2. The normalized spacial score (nSPS) is 12.0. The molecule has 29 heavy (non-hydrogen) atoms. The van der Waals surface area contributed by atoms with Crippen LogP contribution >= 0.6 is 23.2 Å². The zero-order valence-electron chi connectivity index (χ0n) is 16.9. The maximum absolute atomic E-state index is 12.7. The number of rotatable bonds is 11. The number of ketones is 1. The molecule has 0 spiro atoms. The first-order chi connectivity index (χ1) is 13.8. The number of Topliss-reactive ketones (excluding diaryl/α,β-unsaturated/α-hetero) is 1. The van der Waals surface area contributed by atoms with E-state index in [0.29, 0.717) is 41.8 Å². The number of aryl methyl sites for hydroxylation is 1. The smallest absolute Gasteiger partial charge is 0.237 e. The Morgan fingerprint density at radius 2 is 1.69 bits per heavy atom. The standard InChI is InChI=1S/C23H28Cl2N2O2/c1-16(2)12-22(23(29)27-14-18-9-11-20(24)21(25)13-18)26-15-19(28)10-8-17-6-4-3-5-7-17/h3-7,9,11,13,16,22,26H,8,10,12,14-15H2,1-2H3,(H,27,29). The van der Waals surface area contributed by atoms with Gasteiger partial charge in [-0.15, -0.1) is 0 Å². The van der Waals surface area contributed by atoms with Gasteiger partial charge in [0.1, 0.15) is 5.78 Å². The Hall–Kier alpha value is -1.88. The first-order valence-corrected chi connectivity index (χ1v) is 10.6. The molecular weight excluding hydrogens is 407 g/mol. The molecule has 0 aliphatic heterocycles. The van der Waals surface area contributed by atoms with E-state index in [0.717, 1.165) is 11.1 Å². The van der Waals surface area contributed by atoms with Crippen LogP contribution in [-0.4, -0.2) is 24.3 Å². The quantitative estimate of drug-likeness (QED) is 0.532. The van der Waals surface area contributed by atoms with Gasteiger partial charge in [0, 0.05) is 13.0 Å².